The number of hydrogen-bond donors (Lipinski definition) is 3. The van der Waals surface area contributed by atoms with Crippen LogP contribution in [0.2, 0.25) is 0 Å². The van der Waals surface area contributed by atoms with Gasteiger partial charge in [0.05, 0.1) is 12.1 Å². The molecule has 0 aliphatic carbocycles. The van der Waals surface area contributed by atoms with Gasteiger partial charge in [0, 0.05) is 13.3 Å². The molecule has 1 fully saturated rings. The first-order valence-electron chi connectivity index (χ1n) is 6.69. The van der Waals surface area contributed by atoms with Gasteiger partial charge in [0.25, 0.3) is 0 Å². The third kappa shape index (κ3) is 4.38. The molecule has 0 bridgehead atoms. The van der Waals surface area contributed by atoms with E-state index in [0.717, 1.165) is 0 Å². The molecule has 1 saturated heterocycles. The summed E-state index contributed by atoms with van der Waals surface area (Å²) in [4.78, 5) is 22.6. The molecule has 0 aromatic carbocycles. The number of hydrogen-bond acceptors (Lipinski definition) is 5. The number of nitrogens with one attached hydrogen (secondary N) is 2. The first-order chi connectivity index (χ1) is 9.77. The van der Waals surface area contributed by atoms with Gasteiger partial charge in [0.15, 0.2) is 12.0 Å². The molecule has 1 amide bonds. The highest BCUT2D eigenvalue weighted by molar-refractivity contribution is 5.78. The van der Waals surface area contributed by atoms with Gasteiger partial charge in [0.2, 0.25) is 12.8 Å². The summed E-state index contributed by atoms with van der Waals surface area (Å²) in [6, 6.07) is -0.650. The van der Waals surface area contributed by atoms with Gasteiger partial charge in [0.1, 0.15) is 0 Å². The number of ether oxygens (including phenoxy) is 2. The molecule has 0 aromatic heterocycles. The number of halogens is 1. The highest BCUT2D eigenvalue weighted by Gasteiger charge is 2.45. The lowest BCUT2D eigenvalue weighted by Crippen LogP contribution is -2.59. The fourth-order valence-corrected chi connectivity index (χ4v) is 2.53. The van der Waals surface area contributed by atoms with Crippen LogP contribution in [0, 0.1) is 17.2 Å². The third-order valence-electron chi connectivity index (χ3n) is 3.86. The van der Waals surface area contributed by atoms with Crippen molar-refractivity contribution in [1.29, 1.82) is 5.41 Å². The van der Waals surface area contributed by atoms with Crippen molar-refractivity contribution in [2.24, 2.45) is 11.8 Å². The molecule has 21 heavy (non-hydrogen) atoms. The molecule has 5 atom stereocenters. The summed E-state index contributed by atoms with van der Waals surface area (Å²) in [6.07, 6.45) is -1.79. The maximum atomic E-state index is 12.0. The van der Waals surface area contributed by atoms with Crippen molar-refractivity contribution in [3.05, 3.63) is 0 Å². The van der Waals surface area contributed by atoms with Crippen molar-refractivity contribution in [2.75, 3.05) is 6.86 Å². The van der Waals surface area contributed by atoms with Gasteiger partial charge >= 0.3 is 5.97 Å². The summed E-state index contributed by atoms with van der Waals surface area (Å²) >= 11 is 0. The van der Waals surface area contributed by atoms with E-state index >= 15 is 0 Å². The molecule has 0 unspecified atom stereocenters. The van der Waals surface area contributed by atoms with Crippen molar-refractivity contribution in [2.45, 2.75) is 45.4 Å². The lowest BCUT2D eigenvalue weighted by atomic mass is 9.78. The number of carboxylic acid groups (broad SMARTS) is 1. The Morgan fingerprint density at radius 2 is 2.00 bits per heavy atom. The van der Waals surface area contributed by atoms with Gasteiger partial charge in [-0.05, 0) is 11.8 Å². The van der Waals surface area contributed by atoms with Crippen LogP contribution in [0.15, 0.2) is 0 Å². The van der Waals surface area contributed by atoms with Crippen LogP contribution in [0.1, 0.15) is 27.2 Å². The Labute approximate surface area is 122 Å². The second kappa shape index (κ2) is 7.35. The fraction of sp³-hybridized carbons (Fsp3) is 0.769. The van der Waals surface area contributed by atoms with E-state index in [-0.39, 0.29) is 30.1 Å². The predicted molar refractivity (Wildman–Crippen MR) is 71.6 cm³/mol. The van der Waals surface area contributed by atoms with E-state index < -0.39 is 31.1 Å². The monoisotopic (exact) mass is 304 g/mol. The lowest BCUT2D eigenvalue weighted by molar-refractivity contribution is -0.173. The minimum absolute atomic E-state index is 0.00794. The Bertz CT molecular complexity index is 417. The van der Waals surface area contributed by atoms with Gasteiger partial charge in [-0.25, -0.2) is 9.18 Å². The second-order valence-corrected chi connectivity index (χ2v) is 5.26. The largest absolute Gasteiger partial charge is 0.479 e. The van der Waals surface area contributed by atoms with Gasteiger partial charge < -0.3 is 19.9 Å². The summed E-state index contributed by atoms with van der Waals surface area (Å²) in [5.74, 6) is -2.10. The van der Waals surface area contributed by atoms with Crippen LogP contribution in [0.4, 0.5) is 4.39 Å². The van der Waals surface area contributed by atoms with Gasteiger partial charge in [-0.3, -0.25) is 10.2 Å². The van der Waals surface area contributed by atoms with Crippen molar-refractivity contribution < 1.29 is 28.6 Å². The molecule has 7 nitrogen and oxygen atoms in total. The SMILES string of the molecule is CC(=O)N[C@@H]1[C@H](C)[C@H](C)[C@@H](CC(=N)OCF)O[C@H]1C(=O)O. The zero-order chi connectivity index (χ0) is 16.2. The highest BCUT2D eigenvalue weighted by Crippen LogP contribution is 2.32. The van der Waals surface area contributed by atoms with E-state index in [2.05, 4.69) is 10.1 Å². The average molecular weight is 304 g/mol. The van der Waals surface area contributed by atoms with E-state index in [9.17, 15) is 19.1 Å². The van der Waals surface area contributed by atoms with Crippen LogP contribution in [0.3, 0.4) is 0 Å². The molecular formula is C13H21FN2O5. The third-order valence-corrected chi connectivity index (χ3v) is 3.86. The van der Waals surface area contributed by atoms with E-state index in [4.69, 9.17) is 10.1 Å². The van der Waals surface area contributed by atoms with Crippen molar-refractivity contribution in [3.63, 3.8) is 0 Å². The van der Waals surface area contributed by atoms with Crippen LogP contribution in [-0.2, 0) is 19.1 Å². The highest BCUT2D eigenvalue weighted by atomic mass is 19.1. The van der Waals surface area contributed by atoms with Gasteiger partial charge in [-0.2, -0.15) is 0 Å². The number of rotatable bonds is 5. The summed E-state index contributed by atoms with van der Waals surface area (Å²) < 4.78 is 22.0. The quantitative estimate of drug-likeness (QED) is 0.517. The first kappa shape index (κ1) is 17.4. The minimum Gasteiger partial charge on any atom is -0.479 e. The van der Waals surface area contributed by atoms with E-state index in [1.165, 1.54) is 6.92 Å². The molecule has 0 saturated carbocycles. The number of carboxylic acids is 1. The van der Waals surface area contributed by atoms with Gasteiger partial charge in [-0.15, -0.1) is 0 Å². The fourth-order valence-electron chi connectivity index (χ4n) is 2.53. The van der Waals surface area contributed by atoms with Crippen molar-refractivity contribution >= 4 is 17.8 Å². The molecular weight excluding hydrogens is 283 g/mol. The van der Waals surface area contributed by atoms with Crippen LogP contribution < -0.4 is 5.32 Å². The van der Waals surface area contributed by atoms with E-state index in [0.29, 0.717) is 0 Å². The van der Waals surface area contributed by atoms with Crippen molar-refractivity contribution in [3.8, 4) is 0 Å². The maximum Gasteiger partial charge on any atom is 0.335 e. The maximum absolute atomic E-state index is 12.0. The molecule has 0 radical (unpaired) electrons. The van der Waals surface area contributed by atoms with Crippen molar-refractivity contribution in [1.82, 2.24) is 5.32 Å². The average Bonchev–Trinajstić information content (AvgIpc) is 2.37. The lowest BCUT2D eigenvalue weighted by Gasteiger charge is -2.43. The number of aliphatic carboxylic acids is 1. The van der Waals surface area contributed by atoms with Gasteiger partial charge in [-0.1, -0.05) is 13.8 Å². The molecule has 120 valence electrons. The zero-order valence-electron chi connectivity index (χ0n) is 12.3. The Balaban J connectivity index is 2.86. The van der Waals surface area contributed by atoms with Crippen LogP contribution in [0.25, 0.3) is 0 Å². The standard InChI is InChI=1S/C13H21FN2O5/c1-6-7(2)11(16-8(3)17)12(13(18)19)21-9(6)4-10(15)20-5-14/h6-7,9,11-12,15H,4-5H2,1-3H3,(H,16,17)(H,18,19)/t6-,7+,9+,11+,12+/m0/s1. The van der Waals surface area contributed by atoms with E-state index in [1.807, 2.05) is 13.8 Å². The molecule has 1 rings (SSSR count). The van der Waals surface area contributed by atoms with Crippen LogP contribution in [0.5, 0.6) is 0 Å². The summed E-state index contributed by atoms with van der Waals surface area (Å²) in [6.45, 7) is 3.86. The smallest absolute Gasteiger partial charge is 0.335 e. The summed E-state index contributed by atoms with van der Waals surface area (Å²) in [5.41, 5.74) is 0. The zero-order valence-corrected chi connectivity index (χ0v) is 12.3. The molecule has 8 heteroatoms. The molecule has 1 aliphatic heterocycles. The Morgan fingerprint density at radius 1 is 1.38 bits per heavy atom. The molecule has 0 spiro atoms. The normalized spacial score (nSPS) is 32.3. The molecule has 1 aliphatic rings. The summed E-state index contributed by atoms with van der Waals surface area (Å²) in [7, 11) is 0. The van der Waals surface area contributed by atoms with Crippen LogP contribution in [-0.4, -0.2) is 48.0 Å². The van der Waals surface area contributed by atoms with E-state index in [1.54, 1.807) is 0 Å². The molecule has 0 aromatic rings. The Hall–Kier alpha value is -1.70. The molecule has 3 N–H and O–H groups in total. The topological polar surface area (TPSA) is 109 Å². The number of carbonyl (C=O) groups is 2. The summed E-state index contributed by atoms with van der Waals surface area (Å²) in [5, 5.41) is 19.3. The Morgan fingerprint density at radius 3 is 2.48 bits per heavy atom. The second-order valence-electron chi connectivity index (χ2n) is 5.26. The predicted octanol–water partition coefficient (Wildman–Crippen LogP) is 0.926. The number of alkyl halides is 1. The molecule has 1 heterocycles. The Kier molecular flexibility index (Phi) is 6.07. The first-order valence-corrected chi connectivity index (χ1v) is 6.69. The van der Waals surface area contributed by atoms with Crippen LogP contribution >= 0.6 is 0 Å². The number of amides is 1. The minimum atomic E-state index is -1.21. The number of carbonyl (C=O) groups excluding carboxylic acids is 1.